The van der Waals surface area contributed by atoms with Crippen LogP contribution in [0.5, 0.6) is 0 Å². The van der Waals surface area contributed by atoms with E-state index >= 15 is 0 Å². The number of hydrogen-bond donors (Lipinski definition) is 3. The van der Waals surface area contributed by atoms with E-state index in [0.29, 0.717) is 38.4 Å². The Hall–Kier alpha value is -3.07. The fourth-order valence-corrected chi connectivity index (χ4v) is 4.31. The third-order valence-electron chi connectivity index (χ3n) is 5.66. The molecule has 1 aromatic rings. The molecule has 202 valence electrons. The molecule has 15 heteroatoms. The number of rotatable bonds is 7. The fraction of sp³-hybridized carbons (Fsp3) is 0.571. The van der Waals surface area contributed by atoms with E-state index in [1.165, 1.54) is 19.1 Å². The van der Waals surface area contributed by atoms with Gasteiger partial charge in [-0.1, -0.05) is 0 Å². The van der Waals surface area contributed by atoms with Crippen LogP contribution in [0.25, 0.3) is 0 Å². The molecule has 2 fully saturated rings. The van der Waals surface area contributed by atoms with Crippen molar-refractivity contribution in [2.24, 2.45) is 0 Å². The summed E-state index contributed by atoms with van der Waals surface area (Å²) in [6.45, 7) is 6.23. The fourth-order valence-electron chi connectivity index (χ4n) is 3.67. The number of halogens is 3. The Labute approximate surface area is 206 Å². The molecule has 1 amide bonds. The smallest absolute Gasteiger partial charge is 0.478 e. The lowest BCUT2D eigenvalue weighted by Gasteiger charge is -2.37. The van der Waals surface area contributed by atoms with E-state index in [1.54, 1.807) is 6.07 Å². The first-order valence-corrected chi connectivity index (χ1v) is 12.8. The molecular weight excluding hydrogens is 509 g/mol. The van der Waals surface area contributed by atoms with Gasteiger partial charge < -0.3 is 20.0 Å². The number of carbonyl (C=O) groups excluding carboxylic acids is 1. The number of carbonyl (C=O) groups is 3. The molecule has 36 heavy (non-hydrogen) atoms. The molecular formula is C21H29F3N4O7S. The third kappa shape index (κ3) is 8.55. The van der Waals surface area contributed by atoms with E-state index in [2.05, 4.69) is 9.62 Å². The van der Waals surface area contributed by atoms with Crippen molar-refractivity contribution in [2.75, 3.05) is 61.2 Å². The number of hydrogen-bond acceptors (Lipinski definition) is 7. The first kappa shape index (κ1) is 29.2. The minimum absolute atomic E-state index is 0.0254. The maximum atomic E-state index is 12.3. The van der Waals surface area contributed by atoms with Crippen LogP contribution in [-0.4, -0.2) is 104 Å². The summed E-state index contributed by atoms with van der Waals surface area (Å²) in [5.74, 6) is -3.81. The van der Waals surface area contributed by atoms with Crippen LogP contribution in [0.1, 0.15) is 30.1 Å². The van der Waals surface area contributed by atoms with E-state index < -0.39 is 28.1 Å². The molecule has 11 nitrogen and oxygen atoms in total. The van der Waals surface area contributed by atoms with Crippen molar-refractivity contribution in [3.8, 4) is 0 Å². The van der Waals surface area contributed by atoms with Crippen LogP contribution in [0.4, 0.5) is 24.5 Å². The largest absolute Gasteiger partial charge is 0.490 e. The summed E-state index contributed by atoms with van der Waals surface area (Å²) < 4.78 is 58.4. The van der Waals surface area contributed by atoms with Gasteiger partial charge in [0, 0.05) is 39.3 Å². The summed E-state index contributed by atoms with van der Waals surface area (Å²) in [4.78, 5) is 38.6. The summed E-state index contributed by atoms with van der Waals surface area (Å²) in [5.41, 5.74) is 0.947. The topological polar surface area (TPSA) is 148 Å². The Balaban J connectivity index is 0.000000572. The van der Waals surface area contributed by atoms with E-state index in [0.717, 1.165) is 25.9 Å². The van der Waals surface area contributed by atoms with E-state index in [4.69, 9.17) is 9.90 Å². The van der Waals surface area contributed by atoms with Gasteiger partial charge in [0.2, 0.25) is 15.9 Å². The Morgan fingerprint density at radius 3 is 2.03 bits per heavy atom. The highest BCUT2D eigenvalue weighted by Crippen LogP contribution is 2.29. The third-order valence-corrected chi connectivity index (χ3v) is 6.95. The highest BCUT2D eigenvalue weighted by atomic mass is 32.2. The van der Waals surface area contributed by atoms with Gasteiger partial charge in [-0.15, -0.1) is 0 Å². The SMILES string of the molecule is CCS(=O)(=O)Nc1cc(C(=O)O)ccc1N1CCN(CC(=O)N2CCCC2)CC1.O=C(O)C(F)(F)F. The predicted molar refractivity (Wildman–Crippen MR) is 125 cm³/mol. The minimum atomic E-state index is -5.08. The lowest BCUT2D eigenvalue weighted by Crippen LogP contribution is -2.50. The Morgan fingerprint density at radius 2 is 1.56 bits per heavy atom. The van der Waals surface area contributed by atoms with Crippen LogP contribution in [0.2, 0.25) is 0 Å². The first-order chi connectivity index (χ1) is 16.7. The zero-order chi connectivity index (χ0) is 27.1. The number of anilines is 2. The van der Waals surface area contributed by atoms with Crippen molar-refractivity contribution in [2.45, 2.75) is 25.9 Å². The van der Waals surface area contributed by atoms with Gasteiger partial charge in [0.05, 0.1) is 29.2 Å². The standard InChI is InChI=1S/C19H28N4O5S.C2HF3O2/c1-2-29(27,28)20-16-13-15(19(25)26)5-6-17(16)22-11-9-21(10-12-22)14-18(24)23-7-3-4-8-23;3-2(4,5)1(6)7/h5-6,13,20H,2-4,7-12,14H2,1H3,(H,25,26);(H,6,7). The van der Waals surface area contributed by atoms with Gasteiger partial charge >= 0.3 is 18.1 Å². The van der Waals surface area contributed by atoms with Crippen molar-refractivity contribution in [1.29, 1.82) is 0 Å². The highest BCUT2D eigenvalue weighted by Gasteiger charge is 2.38. The summed E-state index contributed by atoms with van der Waals surface area (Å²) in [5, 5.41) is 16.4. The van der Waals surface area contributed by atoms with Crippen molar-refractivity contribution < 1.29 is 46.2 Å². The molecule has 0 saturated carbocycles. The summed E-state index contributed by atoms with van der Waals surface area (Å²) in [6.07, 6.45) is -2.94. The molecule has 3 N–H and O–H groups in total. The van der Waals surface area contributed by atoms with Crippen molar-refractivity contribution in [1.82, 2.24) is 9.80 Å². The number of nitrogens with one attached hydrogen (secondary N) is 1. The van der Waals surface area contributed by atoms with Crippen LogP contribution in [0.15, 0.2) is 18.2 Å². The number of aliphatic carboxylic acids is 1. The van der Waals surface area contributed by atoms with Crippen LogP contribution in [0.3, 0.4) is 0 Å². The van der Waals surface area contributed by atoms with E-state index in [9.17, 15) is 36.3 Å². The molecule has 0 aliphatic carbocycles. The van der Waals surface area contributed by atoms with Gasteiger partial charge in [-0.25, -0.2) is 18.0 Å². The number of piperazine rings is 1. The van der Waals surface area contributed by atoms with Gasteiger partial charge in [-0.2, -0.15) is 13.2 Å². The molecule has 2 heterocycles. The number of carboxylic acid groups (broad SMARTS) is 2. The molecule has 0 unspecified atom stereocenters. The second kappa shape index (κ2) is 12.3. The molecule has 2 saturated heterocycles. The van der Waals surface area contributed by atoms with Crippen molar-refractivity contribution in [3.05, 3.63) is 23.8 Å². The number of nitrogens with zero attached hydrogens (tertiary/aromatic N) is 3. The number of likely N-dealkylation sites (tertiary alicyclic amines) is 1. The first-order valence-electron chi connectivity index (χ1n) is 11.2. The number of sulfonamides is 1. The maximum Gasteiger partial charge on any atom is 0.490 e. The van der Waals surface area contributed by atoms with Crippen LogP contribution in [-0.2, 0) is 19.6 Å². The van der Waals surface area contributed by atoms with E-state index in [1.807, 2.05) is 9.80 Å². The molecule has 0 atom stereocenters. The van der Waals surface area contributed by atoms with Gasteiger partial charge in [-0.05, 0) is 38.0 Å². The number of amides is 1. The molecule has 0 radical (unpaired) electrons. The molecule has 2 aliphatic heterocycles. The zero-order valence-corrected chi connectivity index (χ0v) is 20.4. The summed E-state index contributed by atoms with van der Waals surface area (Å²) in [7, 11) is -3.54. The summed E-state index contributed by atoms with van der Waals surface area (Å²) in [6, 6.07) is 4.47. The molecule has 0 spiro atoms. The second-order valence-electron chi connectivity index (χ2n) is 8.20. The molecule has 0 aromatic heterocycles. The van der Waals surface area contributed by atoms with Gasteiger partial charge in [0.25, 0.3) is 0 Å². The Bertz CT molecular complexity index is 1050. The maximum absolute atomic E-state index is 12.3. The second-order valence-corrected chi connectivity index (χ2v) is 10.2. The number of carboxylic acids is 2. The van der Waals surface area contributed by atoms with Crippen LogP contribution < -0.4 is 9.62 Å². The number of aromatic carboxylic acids is 1. The molecule has 3 rings (SSSR count). The normalized spacial score (nSPS) is 16.8. The average molecular weight is 539 g/mol. The minimum Gasteiger partial charge on any atom is -0.478 e. The Morgan fingerprint density at radius 1 is 1.00 bits per heavy atom. The summed E-state index contributed by atoms with van der Waals surface area (Å²) >= 11 is 0. The monoisotopic (exact) mass is 538 g/mol. The quantitative estimate of drug-likeness (QED) is 0.470. The van der Waals surface area contributed by atoms with Crippen molar-refractivity contribution in [3.63, 3.8) is 0 Å². The van der Waals surface area contributed by atoms with E-state index in [-0.39, 0.29) is 22.9 Å². The molecule has 1 aromatic carbocycles. The van der Waals surface area contributed by atoms with Crippen molar-refractivity contribution >= 4 is 39.2 Å². The average Bonchev–Trinajstić information content (AvgIpc) is 3.34. The van der Waals surface area contributed by atoms with Gasteiger partial charge in [-0.3, -0.25) is 14.4 Å². The highest BCUT2D eigenvalue weighted by molar-refractivity contribution is 7.92. The predicted octanol–water partition coefficient (Wildman–Crippen LogP) is 1.52. The van der Waals surface area contributed by atoms with Crippen LogP contribution >= 0.6 is 0 Å². The zero-order valence-electron chi connectivity index (χ0n) is 19.6. The number of alkyl halides is 3. The lowest BCUT2D eigenvalue weighted by molar-refractivity contribution is -0.192. The number of benzene rings is 1. The molecule has 0 bridgehead atoms. The Kier molecular flexibility index (Phi) is 9.93. The van der Waals surface area contributed by atoms with Crippen LogP contribution in [0, 0.1) is 0 Å². The lowest BCUT2D eigenvalue weighted by atomic mass is 10.1. The molecule has 2 aliphatic rings. The van der Waals surface area contributed by atoms with Gasteiger partial charge in [0.1, 0.15) is 0 Å². The van der Waals surface area contributed by atoms with Gasteiger partial charge in [0.15, 0.2) is 0 Å².